The van der Waals surface area contributed by atoms with Gasteiger partial charge in [-0.15, -0.1) is 0 Å². The molecule has 2 rings (SSSR count). The number of benzene rings is 2. The van der Waals surface area contributed by atoms with E-state index in [2.05, 4.69) is 0 Å². The maximum atomic E-state index is 12.7. The number of carboxylic acid groups (broad SMARTS) is 1. The molecule has 0 saturated heterocycles. The van der Waals surface area contributed by atoms with Crippen molar-refractivity contribution in [1.82, 2.24) is 0 Å². The van der Waals surface area contributed by atoms with Gasteiger partial charge in [0.05, 0.1) is 18.6 Å². The minimum Gasteiger partial charge on any atom is -0.497 e. The van der Waals surface area contributed by atoms with Gasteiger partial charge in [-0.2, -0.15) is 13.2 Å². The summed E-state index contributed by atoms with van der Waals surface area (Å²) in [6.07, 6.45) is -3.23. The van der Waals surface area contributed by atoms with E-state index in [0.717, 1.165) is 12.1 Å². The molecule has 0 fully saturated rings. The first kappa shape index (κ1) is 18.8. The van der Waals surface area contributed by atoms with E-state index in [1.54, 1.807) is 18.2 Å². The quantitative estimate of drug-likeness (QED) is 0.762. The van der Waals surface area contributed by atoms with Gasteiger partial charge in [-0.05, 0) is 47.4 Å². The van der Waals surface area contributed by atoms with Gasteiger partial charge < -0.3 is 9.84 Å². The van der Waals surface area contributed by atoms with E-state index in [1.165, 1.54) is 19.2 Å². The third kappa shape index (κ3) is 4.53. The number of halogens is 3. The second-order valence-corrected chi connectivity index (χ2v) is 5.75. The Morgan fingerprint density at radius 1 is 1.12 bits per heavy atom. The average Bonchev–Trinajstić information content (AvgIpc) is 2.58. The summed E-state index contributed by atoms with van der Waals surface area (Å²) in [5.74, 6) is -1.16. The van der Waals surface area contributed by atoms with Gasteiger partial charge in [0, 0.05) is 0 Å². The molecule has 25 heavy (non-hydrogen) atoms. The van der Waals surface area contributed by atoms with Crippen molar-refractivity contribution in [3.8, 4) is 16.9 Å². The van der Waals surface area contributed by atoms with Gasteiger partial charge in [0.1, 0.15) is 5.75 Å². The van der Waals surface area contributed by atoms with Crippen molar-refractivity contribution in [3.05, 3.63) is 53.6 Å². The molecule has 2 aromatic rings. The van der Waals surface area contributed by atoms with E-state index >= 15 is 0 Å². The summed E-state index contributed by atoms with van der Waals surface area (Å²) in [5.41, 5.74) is 1.02. The molecule has 0 radical (unpaired) electrons. The molecular formula is C19H19F3O3. The molecule has 0 aromatic heterocycles. The van der Waals surface area contributed by atoms with Crippen LogP contribution in [0.4, 0.5) is 13.2 Å². The van der Waals surface area contributed by atoms with Crippen molar-refractivity contribution in [2.24, 2.45) is 0 Å². The van der Waals surface area contributed by atoms with Crippen LogP contribution in [0.2, 0.25) is 0 Å². The Morgan fingerprint density at radius 2 is 1.76 bits per heavy atom. The van der Waals surface area contributed by atoms with E-state index in [4.69, 9.17) is 4.74 Å². The summed E-state index contributed by atoms with van der Waals surface area (Å²) >= 11 is 0. The molecule has 0 spiro atoms. The number of carboxylic acids is 1. The molecular weight excluding hydrogens is 333 g/mol. The van der Waals surface area contributed by atoms with Crippen LogP contribution in [-0.4, -0.2) is 18.2 Å². The standard InChI is InChI=1S/C19H19F3O3/c1-3-4-17(18(23)24)14-9-13(10-16(11-14)25-2)12-5-7-15(8-6-12)19(20,21)22/h5-11,17H,3-4H2,1-2H3,(H,23,24). The average molecular weight is 352 g/mol. The minimum absolute atomic E-state index is 0.467. The van der Waals surface area contributed by atoms with Gasteiger partial charge in [-0.25, -0.2) is 0 Å². The van der Waals surface area contributed by atoms with E-state index in [-0.39, 0.29) is 0 Å². The van der Waals surface area contributed by atoms with Gasteiger partial charge in [-0.1, -0.05) is 31.5 Å². The Balaban J connectivity index is 2.47. The Labute approximate surface area is 144 Å². The van der Waals surface area contributed by atoms with E-state index in [9.17, 15) is 23.1 Å². The minimum atomic E-state index is -4.40. The largest absolute Gasteiger partial charge is 0.497 e. The molecule has 6 heteroatoms. The normalized spacial score (nSPS) is 12.7. The third-order valence-electron chi connectivity index (χ3n) is 3.99. The number of methoxy groups -OCH3 is 1. The molecule has 0 heterocycles. The predicted octanol–water partition coefficient (Wildman–Crippen LogP) is 5.35. The van der Waals surface area contributed by atoms with Gasteiger partial charge in [0.2, 0.25) is 0 Å². The van der Waals surface area contributed by atoms with Crippen molar-refractivity contribution in [2.45, 2.75) is 31.9 Å². The summed E-state index contributed by atoms with van der Waals surface area (Å²) in [6, 6.07) is 9.79. The van der Waals surface area contributed by atoms with Crippen molar-refractivity contribution in [1.29, 1.82) is 0 Å². The third-order valence-corrected chi connectivity index (χ3v) is 3.99. The fourth-order valence-electron chi connectivity index (χ4n) is 2.68. The van der Waals surface area contributed by atoms with Crippen LogP contribution in [0, 0.1) is 0 Å². The Morgan fingerprint density at radius 3 is 2.24 bits per heavy atom. The van der Waals surface area contributed by atoms with E-state index < -0.39 is 23.6 Å². The lowest BCUT2D eigenvalue weighted by molar-refractivity contribution is -0.139. The molecule has 0 aliphatic rings. The van der Waals surface area contributed by atoms with E-state index in [1.807, 2.05) is 6.92 Å². The van der Waals surface area contributed by atoms with Gasteiger partial charge in [0.25, 0.3) is 0 Å². The van der Waals surface area contributed by atoms with Crippen molar-refractivity contribution in [3.63, 3.8) is 0 Å². The van der Waals surface area contributed by atoms with Crippen molar-refractivity contribution < 1.29 is 27.8 Å². The molecule has 0 saturated carbocycles. The summed E-state index contributed by atoms with van der Waals surface area (Å²) in [5, 5.41) is 9.44. The molecule has 1 unspecified atom stereocenters. The van der Waals surface area contributed by atoms with Gasteiger partial charge in [0.15, 0.2) is 0 Å². The molecule has 3 nitrogen and oxygen atoms in total. The van der Waals surface area contributed by atoms with Crippen LogP contribution in [0.3, 0.4) is 0 Å². The highest BCUT2D eigenvalue weighted by Crippen LogP contribution is 2.34. The first-order valence-electron chi connectivity index (χ1n) is 7.85. The topological polar surface area (TPSA) is 46.5 Å². The highest BCUT2D eigenvalue weighted by molar-refractivity contribution is 5.78. The first-order valence-corrected chi connectivity index (χ1v) is 7.85. The van der Waals surface area contributed by atoms with Crippen LogP contribution >= 0.6 is 0 Å². The molecule has 1 N–H and O–H groups in total. The van der Waals surface area contributed by atoms with Crippen molar-refractivity contribution in [2.75, 3.05) is 7.11 Å². The number of carbonyl (C=O) groups is 1. The second-order valence-electron chi connectivity index (χ2n) is 5.75. The highest BCUT2D eigenvalue weighted by Gasteiger charge is 2.30. The van der Waals surface area contributed by atoms with Crippen LogP contribution in [0.1, 0.15) is 36.8 Å². The van der Waals surface area contributed by atoms with Crippen LogP contribution in [0.15, 0.2) is 42.5 Å². The Kier molecular flexibility index (Phi) is 5.72. The fraction of sp³-hybridized carbons (Fsp3) is 0.316. The molecule has 1 atom stereocenters. The number of rotatable bonds is 6. The first-order chi connectivity index (χ1) is 11.8. The van der Waals surface area contributed by atoms with Crippen LogP contribution in [-0.2, 0) is 11.0 Å². The zero-order chi connectivity index (χ0) is 18.6. The summed E-state index contributed by atoms with van der Waals surface area (Å²) in [7, 11) is 1.46. The summed E-state index contributed by atoms with van der Waals surface area (Å²) in [4.78, 5) is 11.5. The number of alkyl halides is 3. The maximum Gasteiger partial charge on any atom is 0.416 e. The number of hydrogen-bond acceptors (Lipinski definition) is 2. The van der Waals surface area contributed by atoms with Gasteiger partial charge in [-0.3, -0.25) is 4.79 Å². The van der Waals surface area contributed by atoms with Crippen LogP contribution < -0.4 is 4.74 Å². The van der Waals surface area contributed by atoms with E-state index in [0.29, 0.717) is 35.3 Å². The smallest absolute Gasteiger partial charge is 0.416 e. The SMILES string of the molecule is CCCC(C(=O)O)c1cc(OC)cc(-c2ccc(C(F)(F)F)cc2)c1. The fourth-order valence-corrected chi connectivity index (χ4v) is 2.68. The molecule has 0 amide bonds. The van der Waals surface area contributed by atoms with Crippen LogP contribution in [0.5, 0.6) is 5.75 Å². The number of aliphatic carboxylic acids is 1. The van der Waals surface area contributed by atoms with Crippen LogP contribution in [0.25, 0.3) is 11.1 Å². The van der Waals surface area contributed by atoms with Crippen molar-refractivity contribution >= 4 is 5.97 Å². The zero-order valence-corrected chi connectivity index (χ0v) is 13.9. The number of ether oxygens (including phenoxy) is 1. The highest BCUT2D eigenvalue weighted by atomic mass is 19.4. The summed E-state index contributed by atoms with van der Waals surface area (Å²) in [6.45, 7) is 1.90. The monoisotopic (exact) mass is 352 g/mol. The molecule has 2 aromatic carbocycles. The second kappa shape index (κ2) is 7.59. The Hall–Kier alpha value is -2.50. The lowest BCUT2D eigenvalue weighted by atomic mass is 9.91. The molecule has 134 valence electrons. The summed E-state index contributed by atoms with van der Waals surface area (Å²) < 4.78 is 43.3. The lowest BCUT2D eigenvalue weighted by Crippen LogP contribution is -2.11. The zero-order valence-electron chi connectivity index (χ0n) is 13.9. The Bertz CT molecular complexity index is 737. The van der Waals surface area contributed by atoms with Gasteiger partial charge >= 0.3 is 12.1 Å². The lowest BCUT2D eigenvalue weighted by Gasteiger charge is -2.15. The molecule has 0 aliphatic heterocycles. The number of hydrogen-bond donors (Lipinski definition) is 1. The maximum absolute atomic E-state index is 12.7. The predicted molar refractivity (Wildman–Crippen MR) is 88.7 cm³/mol. The molecule has 0 aliphatic carbocycles. The molecule has 0 bridgehead atoms.